The molecule has 1 unspecified atom stereocenters. The summed E-state index contributed by atoms with van der Waals surface area (Å²) in [6, 6.07) is -0.748. The van der Waals surface area contributed by atoms with Crippen LogP contribution in [0.2, 0.25) is 0 Å². The Bertz CT molecular complexity index is 274. The highest BCUT2D eigenvalue weighted by Gasteiger charge is 2.21. The fraction of sp³-hybridized carbons (Fsp3) is 0.846. The van der Waals surface area contributed by atoms with Crippen LogP contribution < -0.4 is 5.32 Å². The number of rotatable bonds is 8. The summed E-state index contributed by atoms with van der Waals surface area (Å²) in [6.45, 7) is 2.78. The topological polar surface area (TPSA) is 75.6 Å². The minimum absolute atomic E-state index is 0.176. The second-order valence-electron chi connectivity index (χ2n) is 4.77. The molecular formula is C13H23NO4. The molecule has 5 heteroatoms. The lowest BCUT2D eigenvalue weighted by molar-refractivity contribution is -0.142. The number of unbranched alkanes of at least 4 members (excludes halogenated alkanes) is 1. The molecule has 1 amide bonds. The third-order valence-electron chi connectivity index (χ3n) is 3.20. The van der Waals surface area contributed by atoms with Gasteiger partial charge in [0.25, 0.3) is 0 Å². The van der Waals surface area contributed by atoms with Gasteiger partial charge in [0.2, 0.25) is 5.91 Å². The van der Waals surface area contributed by atoms with Gasteiger partial charge in [-0.15, -0.1) is 0 Å². The molecule has 0 aromatic carbocycles. The molecule has 104 valence electrons. The van der Waals surface area contributed by atoms with E-state index in [2.05, 4.69) is 5.32 Å². The van der Waals surface area contributed by atoms with Gasteiger partial charge in [-0.3, -0.25) is 4.79 Å². The van der Waals surface area contributed by atoms with Crippen molar-refractivity contribution in [1.29, 1.82) is 0 Å². The highest BCUT2D eigenvalue weighted by Crippen LogP contribution is 2.16. The van der Waals surface area contributed by atoms with Gasteiger partial charge in [0, 0.05) is 13.0 Å². The smallest absolute Gasteiger partial charge is 0.326 e. The van der Waals surface area contributed by atoms with Crippen molar-refractivity contribution in [3.8, 4) is 0 Å². The van der Waals surface area contributed by atoms with Gasteiger partial charge in [0.05, 0.1) is 6.10 Å². The molecule has 0 aromatic rings. The van der Waals surface area contributed by atoms with Crippen LogP contribution in [0.25, 0.3) is 0 Å². The van der Waals surface area contributed by atoms with Crippen LogP contribution in [0.3, 0.4) is 0 Å². The molecule has 18 heavy (non-hydrogen) atoms. The molecule has 1 heterocycles. The van der Waals surface area contributed by atoms with Crippen LogP contribution in [0.4, 0.5) is 0 Å². The Hall–Kier alpha value is -1.10. The molecule has 0 aliphatic carbocycles. The van der Waals surface area contributed by atoms with Gasteiger partial charge in [0.15, 0.2) is 0 Å². The first-order valence-electron chi connectivity index (χ1n) is 6.77. The van der Waals surface area contributed by atoms with Crippen molar-refractivity contribution in [3.63, 3.8) is 0 Å². The lowest BCUT2D eigenvalue weighted by Crippen LogP contribution is -2.40. The van der Waals surface area contributed by atoms with Crippen LogP contribution >= 0.6 is 0 Å². The maximum atomic E-state index is 11.6. The summed E-state index contributed by atoms with van der Waals surface area (Å²) in [6.07, 6.45) is 5.50. The van der Waals surface area contributed by atoms with E-state index in [1.807, 2.05) is 6.92 Å². The molecule has 0 spiro atoms. The van der Waals surface area contributed by atoms with E-state index in [-0.39, 0.29) is 12.0 Å². The number of carboxylic acids is 1. The van der Waals surface area contributed by atoms with Crippen LogP contribution in [-0.2, 0) is 14.3 Å². The molecule has 2 N–H and O–H groups in total. The van der Waals surface area contributed by atoms with Crippen molar-refractivity contribution in [2.45, 2.75) is 64.0 Å². The summed E-state index contributed by atoms with van der Waals surface area (Å²) in [7, 11) is 0. The summed E-state index contributed by atoms with van der Waals surface area (Å²) < 4.78 is 5.42. The second kappa shape index (κ2) is 8.08. The Labute approximate surface area is 108 Å². The van der Waals surface area contributed by atoms with Crippen molar-refractivity contribution in [2.24, 2.45) is 0 Å². The molecule has 0 bridgehead atoms. The molecule has 1 rings (SSSR count). The van der Waals surface area contributed by atoms with Crippen LogP contribution in [0.5, 0.6) is 0 Å². The number of hydrogen-bond acceptors (Lipinski definition) is 3. The van der Waals surface area contributed by atoms with Gasteiger partial charge in [-0.05, 0) is 25.7 Å². The van der Waals surface area contributed by atoms with Crippen molar-refractivity contribution in [1.82, 2.24) is 5.32 Å². The second-order valence-corrected chi connectivity index (χ2v) is 4.77. The number of amides is 1. The van der Waals surface area contributed by atoms with E-state index in [4.69, 9.17) is 9.84 Å². The van der Waals surface area contributed by atoms with Crippen LogP contribution in [0, 0.1) is 0 Å². The number of hydrogen-bond donors (Lipinski definition) is 2. The van der Waals surface area contributed by atoms with Gasteiger partial charge >= 0.3 is 5.97 Å². The minimum atomic E-state index is -0.950. The Morgan fingerprint density at radius 3 is 2.83 bits per heavy atom. The maximum Gasteiger partial charge on any atom is 0.326 e. The SMILES string of the molecule is CCCC[C@H](NC(=O)CCC1CCCO1)C(=O)O. The standard InChI is InChI=1S/C13H23NO4/c1-2-3-6-11(13(16)17)14-12(15)8-7-10-5-4-9-18-10/h10-11H,2-9H2,1H3,(H,14,15)(H,16,17)/t10?,11-/m0/s1. The predicted molar refractivity (Wildman–Crippen MR) is 67.3 cm³/mol. The third-order valence-corrected chi connectivity index (χ3v) is 3.20. The van der Waals surface area contributed by atoms with E-state index in [0.717, 1.165) is 32.3 Å². The molecule has 1 fully saturated rings. The summed E-state index contributed by atoms with van der Waals surface area (Å²) >= 11 is 0. The highest BCUT2D eigenvalue weighted by molar-refractivity contribution is 5.83. The first-order chi connectivity index (χ1) is 8.63. The molecule has 1 aliphatic rings. The number of aliphatic carboxylic acids is 1. The number of carboxylic acid groups (broad SMARTS) is 1. The van der Waals surface area contributed by atoms with Gasteiger partial charge in [-0.1, -0.05) is 19.8 Å². The zero-order valence-corrected chi connectivity index (χ0v) is 11.0. The molecule has 0 aromatic heterocycles. The Morgan fingerprint density at radius 2 is 2.28 bits per heavy atom. The fourth-order valence-corrected chi connectivity index (χ4v) is 2.10. The average molecular weight is 257 g/mol. The largest absolute Gasteiger partial charge is 0.480 e. The molecule has 1 aliphatic heterocycles. The Kier molecular flexibility index (Phi) is 6.72. The van der Waals surface area contributed by atoms with E-state index in [0.29, 0.717) is 19.3 Å². The van der Waals surface area contributed by atoms with Crippen LogP contribution in [0.1, 0.15) is 51.9 Å². The zero-order chi connectivity index (χ0) is 13.4. The van der Waals surface area contributed by atoms with E-state index in [1.165, 1.54) is 0 Å². The number of carbonyl (C=O) groups is 2. The summed E-state index contributed by atoms with van der Waals surface area (Å²) in [5.74, 6) is -1.14. The van der Waals surface area contributed by atoms with Gasteiger partial charge < -0.3 is 15.2 Å². The van der Waals surface area contributed by atoms with E-state index in [9.17, 15) is 9.59 Å². The fourth-order valence-electron chi connectivity index (χ4n) is 2.10. The predicted octanol–water partition coefficient (Wildman–Crippen LogP) is 1.71. The van der Waals surface area contributed by atoms with Crippen molar-refractivity contribution >= 4 is 11.9 Å². The summed E-state index contributed by atoms with van der Waals surface area (Å²) in [4.78, 5) is 22.6. The zero-order valence-electron chi connectivity index (χ0n) is 11.0. The highest BCUT2D eigenvalue weighted by atomic mass is 16.5. The molecule has 5 nitrogen and oxygen atoms in total. The van der Waals surface area contributed by atoms with Gasteiger partial charge in [0.1, 0.15) is 6.04 Å². The van der Waals surface area contributed by atoms with Gasteiger partial charge in [-0.25, -0.2) is 4.79 Å². The Balaban J connectivity index is 2.24. The average Bonchev–Trinajstić information content (AvgIpc) is 2.84. The van der Waals surface area contributed by atoms with Crippen molar-refractivity contribution < 1.29 is 19.4 Å². The lowest BCUT2D eigenvalue weighted by Gasteiger charge is -2.15. The first kappa shape index (κ1) is 15.0. The van der Waals surface area contributed by atoms with E-state index in [1.54, 1.807) is 0 Å². The van der Waals surface area contributed by atoms with E-state index >= 15 is 0 Å². The molecule has 0 saturated carbocycles. The van der Waals surface area contributed by atoms with Crippen molar-refractivity contribution in [2.75, 3.05) is 6.61 Å². The van der Waals surface area contributed by atoms with Crippen LogP contribution in [-0.4, -0.2) is 35.7 Å². The van der Waals surface area contributed by atoms with Gasteiger partial charge in [-0.2, -0.15) is 0 Å². The maximum absolute atomic E-state index is 11.6. The molecular weight excluding hydrogens is 234 g/mol. The first-order valence-corrected chi connectivity index (χ1v) is 6.77. The quantitative estimate of drug-likeness (QED) is 0.694. The number of ether oxygens (including phenoxy) is 1. The van der Waals surface area contributed by atoms with Crippen LogP contribution in [0.15, 0.2) is 0 Å². The summed E-state index contributed by atoms with van der Waals surface area (Å²) in [5, 5.41) is 11.6. The normalized spacial score (nSPS) is 20.6. The monoisotopic (exact) mass is 257 g/mol. The van der Waals surface area contributed by atoms with E-state index < -0.39 is 12.0 Å². The lowest BCUT2D eigenvalue weighted by atomic mass is 10.1. The Morgan fingerprint density at radius 1 is 1.50 bits per heavy atom. The molecule has 0 radical (unpaired) electrons. The number of carbonyl (C=O) groups excluding carboxylic acids is 1. The third kappa shape index (κ3) is 5.49. The van der Waals surface area contributed by atoms with Crippen molar-refractivity contribution in [3.05, 3.63) is 0 Å². The minimum Gasteiger partial charge on any atom is -0.480 e. The number of nitrogens with one attached hydrogen (secondary N) is 1. The molecule has 2 atom stereocenters. The summed E-state index contributed by atoms with van der Waals surface area (Å²) in [5.41, 5.74) is 0. The molecule has 1 saturated heterocycles.